The van der Waals surface area contributed by atoms with E-state index < -0.39 is 0 Å². The fourth-order valence-electron chi connectivity index (χ4n) is 8.92. The average molecular weight is 733 g/mol. The van der Waals surface area contributed by atoms with E-state index in [-0.39, 0.29) is 5.41 Å². The van der Waals surface area contributed by atoms with Gasteiger partial charge in [-0.1, -0.05) is 129 Å². The number of hydrogen-bond donors (Lipinski definition) is 0. The van der Waals surface area contributed by atoms with Crippen LogP contribution in [0.1, 0.15) is 25.0 Å². The van der Waals surface area contributed by atoms with Gasteiger partial charge in [-0.2, -0.15) is 0 Å². The van der Waals surface area contributed by atoms with Crippen LogP contribution >= 0.6 is 0 Å². The Morgan fingerprint density at radius 1 is 0.421 bits per heavy atom. The van der Waals surface area contributed by atoms with Gasteiger partial charge in [0.2, 0.25) is 5.89 Å². The molecule has 11 aromatic rings. The third kappa shape index (κ3) is 4.77. The summed E-state index contributed by atoms with van der Waals surface area (Å²) < 4.78 is 13.0. The molecule has 8 aromatic carbocycles. The fourth-order valence-corrected chi connectivity index (χ4v) is 8.92. The maximum atomic E-state index is 6.53. The van der Waals surface area contributed by atoms with Gasteiger partial charge in [-0.3, -0.25) is 0 Å². The maximum Gasteiger partial charge on any atom is 0.227 e. The molecular weight excluding hydrogens is 701 g/mol. The van der Waals surface area contributed by atoms with Crippen LogP contribution in [0.15, 0.2) is 167 Å². The number of fused-ring (bicyclic) bond motifs is 11. The molecule has 0 radical (unpaired) electrons. The molecule has 6 nitrogen and oxygen atoms in total. The van der Waals surface area contributed by atoms with Crippen LogP contribution in [0, 0.1) is 0 Å². The highest BCUT2D eigenvalue weighted by Gasteiger charge is 2.35. The third-order valence-electron chi connectivity index (χ3n) is 11.8. The van der Waals surface area contributed by atoms with Gasteiger partial charge in [-0.25, -0.2) is 19.9 Å². The summed E-state index contributed by atoms with van der Waals surface area (Å²) in [5.41, 5.74) is 11.7. The van der Waals surface area contributed by atoms with Crippen molar-refractivity contribution in [1.29, 1.82) is 0 Å². The lowest BCUT2D eigenvalue weighted by Gasteiger charge is -2.21. The lowest BCUT2D eigenvalue weighted by atomic mass is 9.82. The molecule has 0 fully saturated rings. The molecular formula is C51H32N4O2. The minimum absolute atomic E-state index is 0.163. The number of rotatable bonds is 4. The van der Waals surface area contributed by atoms with Crippen molar-refractivity contribution in [3.63, 3.8) is 0 Å². The van der Waals surface area contributed by atoms with E-state index in [4.69, 9.17) is 28.8 Å². The Balaban J connectivity index is 1.08. The first-order chi connectivity index (χ1) is 28.0. The predicted octanol–water partition coefficient (Wildman–Crippen LogP) is 13.2. The van der Waals surface area contributed by atoms with Gasteiger partial charge in [0.15, 0.2) is 23.1 Å². The van der Waals surface area contributed by atoms with Crippen molar-refractivity contribution >= 4 is 54.6 Å². The quantitative estimate of drug-likeness (QED) is 0.179. The summed E-state index contributed by atoms with van der Waals surface area (Å²) in [5, 5.41) is 6.16. The summed E-state index contributed by atoms with van der Waals surface area (Å²) in [6.45, 7) is 4.60. The number of nitrogens with zero attached hydrogens (tertiary/aromatic N) is 4. The number of hydrogen-bond acceptors (Lipinski definition) is 6. The molecule has 0 amide bonds. The highest BCUT2D eigenvalue weighted by Crippen LogP contribution is 2.49. The maximum absolute atomic E-state index is 6.53. The molecule has 57 heavy (non-hydrogen) atoms. The van der Waals surface area contributed by atoms with E-state index in [1.807, 2.05) is 48.5 Å². The van der Waals surface area contributed by atoms with Gasteiger partial charge in [-0.15, -0.1) is 0 Å². The normalized spacial score (nSPS) is 13.2. The highest BCUT2D eigenvalue weighted by molar-refractivity contribution is 6.25. The van der Waals surface area contributed by atoms with Crippen LogP contribution in [0.4, 0.5) is 0 Å². The Labute approximate surface area is 327 Å². The van der Waals surface area contributed by atoms with Crippen LogP contribution in [-0.2, 0) is 5.41 Å². The van der Waals surface area contributed by atoms with Gasteiger partial charge in [0.05, 0.1) is 5.39 Å². The zero-order valence-corrected chi connectivity index (χ0v) is 31.1. The van der Waals surface area contributed by atoms with Crippen LogP contribution < -0.4 is 0 Å². The molecule has 1 aliphatic carbocycles. The third-order valence-corrected chi connectivity index (χ3v) is 11.8. The van der Waals surface area contributed by atoms with E-state index in [0.29, 0.717) is 28.9 Å². The summed E-state index contributed by atoms with van der Waals surface area (Å²) in [5.74, 6) is 2.42. The van der Waals surface area contributed by atoms with E-state index in [2.05, 4.69) is 123 Å². The smallest absolute Gasteiger partial charge is 0.227 e. The molecule has 0 unspecified atom stereocenters. The molecule has 3 aromatic heterocycles. The average Bonchev–Trinajstić information content (AvgIpc) is 3.94. The van der Waals surface area contributed by atoms with Gasteiger partial charge in [-0.05, 0) is 86.3 Å². The Morgan fingerprint density at radius 2 is 1.07 bits per heavy atom. The first-order valence-electron chi connectivity index (χ1n) is 19.2. The topological polar surface area (TPSA) is 77.8 Å². The molecule has 0 aliphatic heterocycles. The molecule has 0 spiro atoms. The molecule has 0 saturated carbocycles. The molecule has 0 saturated heterocycles. The lowest BCUT2D eigenvalue weighted by molar-refractivity contribution is 0.622. The van der Waals surface area contributed by atoms with E-state index in [1.54, 1.807) is 0 Å². The van der Waals surface area contributed by atoms with Gasteiger partial charge in [0.1, 0.15) is 16.7 Å². The van der Waals surface area contributed by atoms with Crippen molar-refractivity contribution in [2.24, 2.45) is 0 Å². The Bertz CT molecular complexity index is 3450. The number of benzene rings is 8. The van der Waals surface area contributed by atoms with Crippen molar-refractivity contribution in [3.8, 4) is 56.7 Å². The number of furan rings is 1. The van der Waals surface area contributed by atoms with Crippen LogP contribution in [0.3, 0.4) is 0 Å². The molecule has 12 rings (SSSR count). The summed E-state index contributed by atoms with van der Waals surface area (Å²) in [6.07, 6.45) is 0. The monoisotopic (exact) mass is 732 g/mol. The molecule has 1 aliphatic rings. The van der Waals surface area contributed by atoms with Gasteiger partial charge < -0.3 is 8.83 Å². The number of oxazole rings is 1. The zero-order chi connectivity index (χ0) is 37.8. The molecule has 3 heterocycles. The van der Waals surface area contributed by atoms with E-state index in [9.17, 15) is 0 Å². The van der Waals surface area contributed by atoms with E-state index in [0.717, 1.165) is 71.3 Å². The Morgan fingerprint density at radius 3 is 1.96 bits per heavy atom. The van der Waals surface area contributed by atoms with Crippen LogP contribution in [0.2, 0.25) is 0 Å². The Hall–Kier alpha value is -7.44. The second-order valence-corrected chi connectivity index (χ2v) is 15.4. The van der Waals surface area contributed by atoms with E-state index >= 15 is 0 Å². The largest absolute Gasteiger partial charge is 0.456 e. The second-order valence-electron chi connectivity index (χ2n) is 15.4. The van der Waals surface area contributed by atoms with Crippen molar-refractivity contribution in [1.82, 2.24) is 19.9 Å². The minimum atomic E-state index is -0.163. The zero-order valence-electron chi connectivity index (χ0n) is 31.1. The first-order valence-corrected chi connectivity index (χ1v) is 19.2. The molecule has 0 atom stereocenters. The number of aromatic nitrogens is 4. The Kier molecular flexibility index (Phi) is 6.59. The highest BCUT2D eigenvalue weighted by atomic mass is 16.4. The van der Waals surface area contributed by atoms with Crippen LogP contribution in [0.5, 0.6) is 0 Å². The van der Waals surface area contributed by atoms with Crippen LogP contribution in [-0.4, -0.2) is 19.9 Å². The van der Waals surface area contributed by atoms with Crippen molar-refractivity contribution in [3.05, 3.63) is 169 Å². The summed E-state index contributed by atoms with van der Waals surface area (Å²) in [6, 6.07) is 54.5. The molecule has 268 valence electrons. The predicted molar refractivity (Wildman–Crippen MR) is 229 cm³/mol. The molecule has 6 heteroatoms. The summed E-state index contributed by atoms with van der Waals surface area (Å²) in [7, 11) is 0. The fraction of sp³-hybridized carbons (Fsp3) is 0.0588. The molecule has 0 bridgehead atoms. The van der Waals surface area contributed by atoms with Crippen LogP contribution in [0.25, 0.3) is 111 Å². The summed E-state index contributed by atoms with van der Waals surface area (Å²) >= 11 is 0. The van der Waals surface area contributed by atoms with Gasteiger partial charge in [0.25, 0.3) is 0 Å². The minimum Gasteiger partial charge on any atom is -0.456 e. The van der Waals surface area contributed by atoms with Crippen molar-refractivity contribution < 1.29 is 8.83 Å². The summed E-state index contributed by atoms with van der Waals surface area (Å²) in [4.78, 5) is 20.6. The standard InChI is InChI=1S/C51H32N4O2/c1-51(2)39-18-9-8-16-35(39)36-23-21-33(28-40(36)51)48-53-47(54-49(55-48)37-17-10-14-29-11-6-7-15-34(29)37)32-20-19-30-22-25-42-44(38(30)27-32)45-43(56-42)26-24-41-46(45)57-50(52-41)31-12-4-3-5-13-31/h3-28H,1-2H3. The lowest BCUT2D eigenvalue weighted by Crippen LogP contribution is -2.15. The second kappa shape index (κ2) is 11.8. The first kappa shape index (κ1) is 31.9. The molecule has 0 N–H and O–H groups in total. The van der Waals surface area contributed by atoms with E-state index in [1.165, 1.54) is 22.3 Å². The van der Waals surface area contributed by atoms with Gasteiger partial charge >= 0.3 is 0 Å². The van der Waals surface area contributed by atoms with Crippen molar-refractivity contribution in [2.45, 2.75) is 19.3 Å². The van der Waals surface area contributed by atoms with Gasteiger partial charge in [0, 0.05) is 33.1 Å². The SMILES string of the molecule is CC1(C)c2ccccc2-c2ccc(-c3nc(-c4ccc5ccc6oc7ccc8nc(-c9ccccc9)oc8c7c6c5c4)nc(-c4cccc5ccccc45)n3)cc21. The van der Waals surface area contributed by atoms with Crippen molar-refractivity contribution in [2.75, 3.05) is 0 Å².